The molecular formula is C71H115N11O19S. The maximum Gasteiger partial charge on any atom is 0.408 e. The van der Waals surface area contributed by atoms with Crippen LogP contribution in [0.5, 0.6) is 5.75 Å². The third-order valence-electron chi connectivity index (χ3n) is 16.7. The van der Waals surface area contributed by atoms with Crippen molar-refractivity contribution in [3.05, 3.63) is 70.5 Å². The Bertz CT molecular complexity index is 3330. The number of nitrogens with one attached hydrogen (secondary N) is 11. The molecule has 0 bridgehead atoms. The summed E-state index contributed by atoms with van der Waals surface area (Å²) in [5.41, 5.74) is 1.07. The van der Waals surface area contributed by atoms with E-state index in [2.05, 4.69) is 64.5 Å². The highest BCUT2D eigenvalue weighted by Crippen LogP contribution is 2.42. The molecule has 0 saturated heterocycles. The Labute approximate surface area is 601 Å². The second-order valence-corrected chi connectivity index (χ2v) is 30.8. The molecule has 30 nitrogen and oxygen atoms in total. The summed E-state index contributed by atoms with van der Waals surface area (Å²) in [7, 11) is -3.13. The lowest BCUT2D eigenvalue weighted by Gasteiger charge is -2.35. The second kappa shape index (κ2) is 39.9. The Kier molecular flexibility index (Phi) is 34.4. The Morgan fingerprint density at radius 3 is 1.75 bits per heavy atom. The number of hydrogen-bond acceptors (Lipinski definition) is 20. The van der Waals surface area contributed by atoms with Gasteiger partial charge in [0, 0.05) is 13.1 Å². The fourth-order valence-corrected chi connectivity index (χ4v) is 12.3. The third-order valence-corrected chi connectivity index (χ3v) is 18.4. The first kappa shape index (κ1) is 87.9. The van der Waals surface area contributed by atoms with Gasteiger partial charge in [-0.1, -0.05) is 84.9 Å². The van der Waals surface area contributed by atoms with E-state index < -0.39 is 159 Å². The van der Waals surface area contributed by atoms with Crippen molar-refractivity contribution >= 4 is 69.5 Å². The number of amides is 9. The topological polar surface area (TPSA) is 424 Å². The molecule has 0 radical (unpaired) electrons. The van der Waals surface area contributed by atoms with E-state index in [4.69, 9.17) is 23.7 Å². The summed E-state index contributed by atoms with van der Waals surface area (Å²) >= 11 is 0. The van der Waals surface area contributed by atoms with E-state index in [9.17, 15) is 66.6 Å². The summed E-state index contributed by atoms with van der Waals surface area (Å²) in [6, 6.07) is -1.54. The zero-order chi connectivity index (χ0) is 77.4. The molecule has 2 aromatic carbocycles. The predicted octanol–water partition coefficient (Wildman–Crippen LogP) is 3.94. The number of rotatable bonds is 39. The van der Waals surface area contributed by atoms with Crippen LogP contribution in [0.4, 0.5) is 9.59 Å². The van der Waals surface area contributed by atoms with Gasteiger partial charge in [-0.05, 0) is 174 Å². The van der Waals surface area contributed by atoms with Crippen molar-refractivity contribution < 1.29 is 90.3 Å². The average Bonchev–Trinajstić information content (AvgIpc) is 0.746. The standard InChI is InChI=1S/C71H115N11O19S/c1-21-41(6)54(64(90)80-55(45(10)83)63(89)74-36-53(84)75-49(60(86)78-52(66(92)97-20)38-99-69(12,13)14)29-26-34-73-67(93)98-37-47-27-23-22-24-28-47)79-61(87)50(76-62(88)51(35-39(2)3)77-65(91)56(57(85)40(4)5)81-68(94)101-70(15,16)17)30-25-33-72-46(11)82-102(95,96)59-43(8)42(7)58-48(44(59)9)31-32-71(18,19)100-58/h22-24,27-28,39-41,45,49-52,54-57,72,82-83,85H,11,21,25-26,29-38H2,1-10,12-20H3,(H,73,93)(H,74,89)(H,75,84)(H,76,88)(H,77,91)(H,78,86)(H,79,87)(H,80,90)(H,81,94)/t41-,45-,49-,50+,51-,52-,54-,55-,56-,57+/m0/s1. The minimum absolute atomic E-state index is 0.0108. The number of methoxy groups -OCH3 is 1. The summed E-state index contributed by atoms with van der Waals surface area (Å²) in [6.45, 7) is 33.2. The number of ether oxygens (including phenoxy) is 5. The number of aliphatic hydroxyl groups is 2. The zero-order valence-corrected chi connectivity index (χ0v) is 63.8. The molecule has 3 rings (SSSR count). The number of carbonyl (C=O) groups is 10. The highest BCUT2D eigenvalue weighted by molar-refractivity contribution is 7.89. The number of esters is 1. The van der Waals surface area contributed by atoms with Gasteiger partial charge in [0.15, 0.2) is 6.04 Å². The molecule has 102 heavy (non-hydrogen) atoms. The van der Waals surface area contributed by atoms with Crippen LogP contribution >= 0.6 is 0 Å². The molecule has 0 spiro atoms. The lowest BCUT2D eigenvalue weighted by atomic mass is 9.88. The van der Waals surface area contributed by atoms with Crippen LogP contribution in [0, 0.1) is 38.5 Å². The van der Waals surface area contributed by atoms with Gasteiger partial charge in [0.25, 0.3) is 10.0 Å². The SMILES string of the molecule is C=C(NCCC[C@@H](NC(=O)[C@H](CC(C)C)NC(=O)[C@@H](NC(=O)OC(C)(C)C)[C@H](O)C(C)C)C(=O)N[C@H](C(=O)N[C@H](C(=O)NCC(=O)N[C@@H](CCCNC(=O)OCc1ccccc1)C(=O)N[C@@H](COC(C)(C)C)C(=O)OC)[C@H](C)O)[C@@H](C)CC)NS(=O)(=O)c1c(C)c(C)c2c(c1C)CCC(C)(C)O2. The molecule has 31 heteroatoms. The van der Waals surface area contributed by atoms with Gasteiger partial charge in [-0.15, -0.1) is 0 Å². The van der Waals surface area contributed by atoms with Crippen molar-refractivity contribution in [1.82, 2.24) is 57.9 Å². The fraction of sp³-hybridized carbons (Fsp3) is 0.662. The average molecular weight is 1460 g/mol. The molecule has 574 valence electrons. The van der Waals surface area contributed by atoms with Gasteiger partial charge in [0.1, 0.15) is 65.6 Å². The third kappa shape index (κ3) is 29.2. The van der Waals surface area contributed by atoms with Crippen molar-refractivity contribution in [3.63, 3.8) is 0 Å². The molecule has 13 N–H and O–H groups in total. The second-order valence-electron chi connectivity index (χ2n) is 29.2. The highest BCUT2D eigenvalue weighted by atomic mass is 32.2. The van der Waals surface area contributed by atoms with Crippen LogP contribution < -0.4 is 62.6 Å². The Morgan fingerprint density at radius 1 is 0.647 bits per heavy atom. The van der Waals surface area contributed by atoms with E-state index in [-0.39, 0.29) is 81.5 Å². The van der Waals surface area contributed by atoms with Gasteiger partial charge < -0.3 is 87.1 Å². The summed E-state index contributed by atoms with van der Waals surface area (Å²) < 4.78 is 58.4. The molecule has 10 atom stereocenters. The highest BCUT2D eigenvalue weighted by Gasteiger charge is 2.39. The molecule has 0 saturated carbocycles. The van der Waals surface area contributed by atoms with Gasteiger partial charge in [-0.25, -0.2) is 22.8 Å². The number of fused-ring (bicyclic) bond motifs is 1. The van der Waals surface area contributed by atoms with Crippen LogP contribution in [0.3, 0.4) is 0 Å². The monoisotopic (exact) mass is 1460 g/mol. The van der Waals surface area contributed by atoms with Gasteiger partial charge in [-0.2, -0.15) is 0 Å². The van der Waals surface area contributed by atoms with Crippen LogP contribution in [0.25, 0.3) is 0 Å². The van der Waals surface area contributed by atoms with Crippen molar-refractivity contribution in [1.29, 1.82) is 0 Å². The van der Waals surface area contributed by atoms with E-state index in [1.807, 2.05) is 19.9 Å². The van der Waals surface area contributed by atoms with E-state index in [0.29, 0.717) is 35.3 Å². The molecule has 2 aromatic rings. The van der Waals surface area contributed by atoms with Crippen LogP contribution in [-0.4, -0.2) is 183 Å². The van der Waals surface area contributed by atoms with Crippen molar-refractivity contribution in [2.45, 2.75) is 259 Å². The Hall–Kier alpha value is -8.29. The summed E-state index contributed by atoms with van der Waals surface area (Å²) in [6.07, 6.45) is -3.57. The number of hydrogen-bond donors (Lipinski definition) is 13. The molecular weight excluding hydrogens is 1340 g/mol. The molecule has 0 aliphatic carbocycles. The summed E-state index contributed by atoms with van der Waals surface area (Å²) in [5, 5.41) is 48.1. The number of sulfonamides is 1. The summed E-state index contributed by atoms with van der Waals surface area (Å²) in [5.74, 6) is -8.45. The number of benzene rings is 2. The van der Waals surface area contributed by atoms with Gasteiger partial charge >= 0.3 is 18.2 Å². The molecule has 1 aliphatic heterocycles. The van der Waals surface area contributed by atoms with E-state index in [1.165, 1.54) is 6.92 Å². The Morgan fingerprint density at radius 2 is 1.20 bits per heavy atom. The lowest BCUT2D eigenvalue weighted by Crippen LogP contribution is -2.62. The lowest BCUT2D eigenvalue weighted by molar-refractivity contribution is -0.149. The van der Waals surface area contributed by atoms with E-state index in [1.54, 1.807) is 128 Å². The fourth-order valence-electron chi connectivity index (χ4n) is 10.8. The predicted molar refractivity (Wildman–Crippen MR) is 381 cm³/mol. The smallest absolute Gasteiger partial charge is 0.408 e. The van der Waals surface area contributed by atoms with Crippen LogP contribution in [0.1, 0.15) is 177 Å². The van der Waals surface area contributed by atoms with Gasteiger partial charge in [-0.3, -0.25) is 38.3 Å². The maximum absolute atomic E-state index is 14.8. The first-order chi connectivity index (χ1) is 47.3. The molecule has 1 heterocycles. The number of alkyl carbamates (subject to hydrolysis) is 2. The molecule has 9 amide bonds. The Balaban J connectivity index is 1.93. The first-order valence-electron chi connectivity index (χ1n) is 34.7. The van der Waals surface area contributed by atoms with Crippen molar-refractivity contribution in [2.24, 2.45) is 17.8 Å². The van der Waals surface area contributed by atoms with Crippen molar-refractivity contribution in [2.75, 3.05) is 33.4 Å². The van der Waals surface area contributed by atoms with E-state index >= 15 is 0 Å². The van der Waals surface area contributed by atoms with Gasteiger partial charge in [0.2, 0.25) is 41.4 Å². The minimum atomic E-state index is -4.25. The maximum atomic E-state index is 14.8. The molecule has 1 aliphatic rings. The van der Waals surface area contributed by atoms with Crippen LogP contribution in [0.15, 0.2) is 47.6 Å². The molecule has 0 fully saturated rings. The van der Waals surface area contributed by atoms with Crippen LogP contribution in [0.2, 0.25) is 0 Å². The minimum Gasteiger partial charge on any atom is -0.487 e. The molecule has 0 unspecified atom stereocenters. The zero-order valence-electron chi connectivity index (χ0n) is 63.0. The largest absolute Gasteiger partial charge is 0.487 e. The molecule has 0 aromatic heterocycles. The van der Waals surface area contributed by atoms with Gasteiger partial charge in [0.05, 0.1) is 43.0 Å². The normalized spacial score (nSPS) is 15.8. The number of aliphatic hydroxyl groups excluding tert-OH is 2. The number of carbonyl (C=O) groups excluding carboxylic acids is 10. The quantitative estimate of drug-likeness (QED) is 0.0256. The summed E-state index contributed by atoms with van der Waals surface area (Å²) in [4.78, 5) is 138. The van der Waals surface area contributed by atoms with Crippen LogP contribution in [-0.2, 0) is 80.4 Å². The van der Waals surface area contributed by atoms with Crippen molar-refractivity contribution in [3.8, 4) is 5.75 Å². The first-order valence-corrected chi connectivity index (χ1v) is 36.2. The van der Waals surface area contributed by atoms with E-state index in [0.717, 1.165) is 18.2 Å².